The Morgan fingerprint density at radius 1 is 1.06 bits per heavy atom. The highest BCUT2D eigenvalue weighted by atomic mass is 19.1. The molecule has 0 saturated heterocycles. The van der Waals surface area contributed by atoms with Crippen molar-refractivity contribution in [3.8, 4) is 11.3 Å². The van der Waals surface area contributed by atoms with Gasteiger partial charge in [0.25, 0.3) is 0 Å². The van der Waals surface area contributed by atoms with E-state index in [1.165, 1.54) is 12.1 Å². The molecular formula is C13H11FO2. The van der Waals surface area contributed by atoms with Crippen LogP contribution in [0.5, 0.6) is 0 Å². The molecule has 82 valence electrons. The van der Waals surface area contributed by atoms with Crippen molar-refractivity contribution in [2.24, 2.45) is 0 Å². The highest BCUT2D eigenvalue weighted by molar-refractivity contribution is 5.57. The number of hydrogen-bond donors (Lipinski definition) is 1. The summed E-state index contributed by atoms with van der Waals surface area (Å²) in [5.74, 6) is 0.999. The van der Waals surface area contributed by atoms with Gasteiger partial charge in [0.1, 0.15) is 22.9 Å². The van der Waals surface area contributed by atoms with Gasteiger partial charge in [-0.05, 0) is 49.2 Å². The van der Waals surface area contributed by atoms with Crippen LogP contribution in [0.1, 0.15) is 18.6 Å². The van der Waals surface area contributed by atoms with Gasteiger partial charge in [0.15, 0.2) is 0 Å². The van der Waals surface area contributed by atoms with Gasteiger partial charge in [-0.1, -0.05) is 0 Å². The zero-order valence-electron chi connectivity index (χ0n) is 8.61. The Balaban J connectivity index is 1.95. The van der Waals surface area contributed by atoms with E-state index >= 15 is 0 Å². The van der Waals surface area contributed by atoms with E-state index in [0.717, 1.165) is 18.4 Å². The van der Waals surface area contributed by atoms with Crippen molar-refractivity contribution in [3.63, 3.8) is 0 Å². The predicted molar refractivity (Wildman–Crippen MR) is 57.2 cm³/mol. The molecule has 3 rings (SSSR count). The van der Waals surface area contributed by atoms with Crippen LogP contribution in [0.15, 0.2) is 40.8 Å². The van der Waals surface area contributed by atoms with Gasteiger partial charge in [0.2, 0.25) is 0 Å². The van der Waals surface area contributed by atoms with E-state index in [1.54, 1.807) is 24.3 Å². The molecule has 0 amide bonds. The van der Waals surface area contributed by atoms with E-state index in [2.05, 4.69) is 0 Å². The second kappa shape index (κ2) is 3.19. The monoisotopic (exact) mass is 218 g/mol. The molecule has 0 bridgehead atoms. The van der Waals surface area contributed by atoms with Crippen LogP contribution < -0.4 is 0 Å². The molecule has 1 heterocycles. The lowest BCUT2D eigenvalue weighted by atomic mass is 10.2. The lowest BCUT2D eigenvalue weighted by Crippen LogP contribution is -2.01. The van der Waals surface area contributed by atoms with Gasteiger partial charge >= 0.3 is 0 Å². The molecule has 0 unspecified atom stereocenters. The fourth-order valence-corrected chi connectivity index (χ4v) is 1.72. The molecule has 1 saturated carbocycles. The Morgan fingerprint density at radius 3 is 2.38 bits per heavy atom. The molecule has 0 aliphatic heterocycles. The number of hydrogen-bond acceptors (Lipinski definition) is 2. The van der Waals surface area contributed by atoms with Crippen molar-refractivity contribution in [1.29, 1.82) is 0 Å². The van der Waals surface area contributed by atoms with E-state index in [1.807, 2.05) is 0 Å². The molecule has 0 atom stereocenters. The van der Waals surface area contributed by atoms with Crippen LogP contribution in [0.4, 0.5) is 4.39 Å². The summed E-state index contributed by atoms with van der Waals surface area (Å²) in [6, 6.07) is 9.70. The summed E-state index contributed by atoms with van der Waals surface area (Å²) < 4.78 is 18.3. The van der Waals surface area contributed by atoms with Gasteiger partial charge in [0, 0.05) is 5.56 Å². The van der Waals surface area contributed by atoms with Crippen LogP contribution in [0.2, 0.25) is 0 Å². The van der Waals surface area contributed by atoms with Crippen molar-refractivity contribution >= 4 is 0 Å². The first-order valence-electron chi connectivity index (χ1n) is 5.26. The Morgan fingerprint density at radius 2 is 1.75 bits per heavy atom. The Labute approximate surface area is 92.3 Å². The number of benzene rings is 1. The molecule has 1 aromatic heterocycles. The third-order valence-electron chi connectivity index (χ3n) is 2.92. The first-order chi connectivity index (χ1) is 7.67. The van der Waals surface area contributed by atoms with Crippen molar-refractivity contribution in [2.45, 2.75) is 18.4 Å². The summed E-state index contributed by atoms with van der Waals surface area (Å²) in [7, 11) is 0. The van der Waals surface area contributed by atoms with Crippen LogP contribution in [0.3, 0.4) is 0 Å². The summed E-state index contributed by atoms with van der Waals surface area (Å²) in [6.45, 7) is 0. The highest BCUT2D eigenvalue weighted by Crippen LogP contribution is 2.46. The zero-order chi connectivity index (χ0) is 11.2. The molecule has 3 heteroatoms. The van der Waals surface area contributed by atoms with Crippen LogP contribution >= 0.6 is 0 Å². The molecular weight excluding hydrogens is 207 g/mol. The third-order valence-corrected chi connectivity index (χ3v) is 2.92. The topological polar surface area (TPSA) is 33.4 Å². The largest absolute Gasteiger partial charge is 0.458 e. The quantitative estimate of drug-likeness (QED) is 0.840. The lowest BCUT2D eigenvalue weighted by molar-refractivity contribution is 0.124. The van der Waals surface area contributed by atoms with E-state index < -0.39 is 5.60 Å². The minimum atomic E-state index is -0.752. The van der Waals surface area contributed by atoms with Gasteiger partial charge in [-0.2, -0.15) is 0 Å². The molecule has 1 aliphatic rings. The van der Waals surface area contributed by atoms with Crippen molar-refractivity contribution in [1.82, 2.24) is 0 Å². The summed E-state index contributed by atoms with van der Waals surface area (Å²) in [4.78, 5) is 0. The fraction of sp³-hybridized carbons (Fsp3) is 0.231. The molecule has 16 heavy (non-hydrogen) atoms. The highest BCUT2D eigenvalue weighted by Gasteiger charge is 2.45. The maximum absolute atomic E-state index is 12.7. The minimum Gasteiger partial charge on any atom is -0.458 e. The summed E-state index contributed by atoms with van der Waals surface area (Å²) >= 11 is 0. The Bertz CT molecular complexity index is 509. The first kappa shape index (κ1) is 9.60. The van der Waals surface area contributed by atoms with Crippen molar-refractivity contribution < 1.29 is 13.9 Å². The number of halogens is 1. The number of aliphatic hydroxyl groups is 1. The molecule has 1 N–H and O–H groups in total. The van der Waals surface area contributed by atoms with Crippen molar-refractivity contribution in [3.05, 3.63) is 48.0 Å². The van der Waals surface area contributed by atoms with E-state index in [0.29, 0.717) is 11.5 Å². The third kappa shape index (κ3) is 1.53. The predicted octanol–water partition coefficient (Wildman–Crippen LogP) is 3.07. The molecule has 0 spiro atoms. The first-order valence-corrected chi connectivity index (χ1v) is 5.26. The fourth-order valence-electron chi connectivity index (χ4n) is 1.72. The van der Waals surface area contributed by atoms with Gasteiger partial charge in [0.05, 0.1) is 0 Å². The number of rotatable bonds is 2. The van der Waals surface area contributed by atoms with Crippen LogP contribution in [-0.2, 0) is 5.60 Å². The van der Waals surface area contributed by atoms with Crippen LogP contribution in [0.25, 0.3) is 11.3 Å². The smallest absolute Gasteiger partial charge is 0.136 e. The van der Waals surface area contributed by atoms with E-state index in [9.17, 15) is 9.50 Å². The Kier molecular flexibility index (Phi) is 1.91. The molecule has 1 aliphatic carbocycles. The normalized spacial score (nSPS) is 17.4. The van der Waals surface area contributed by atoms with Crippen molar-refractivity contribution in [2.75, 3.05) is 0 Å². The average molecular weight is 218 g/mol. The molecule has 2 aromatic rings. The van der Waals surface area contributed by atoms with Gasteiger partial charge in [-0.3, -0.25) is 0 Å². The van der Waals surface area contributed by atoms with Crippen LogP contribution in [0, 0.1) is 5.82 Å². The second-order valence-electron chi connectivity index (χ2n) is 4.20. The maximum Gasteiger partial charge on any atom is 0.136 e. The average Bonchev–Trinajstić information content (AvgIpc) is 2.84. The summed E-state index contributed by atoms with van der Waals surface area (Å²) in [5.41, 5.74) is 0.0649. The summed E-state index contributed by atoms with van der Waals surface area (Å²) in [5, 5.41) is 9.85. The molecule has 2 nitrogen and oxygen atoms in total. The summed E-state index contributed by atoms with van der Waals surface area (Å²) in [6.07, 6.45) is 1.51. The number of furan rings is 1. The molecule has 0 radical (unpaired) electrons. The standard InChI is InChI=1S/C13H11FO2/c14-10-3-1-9(2-4-10)11-5-6-12(16-11)13(15)7-8-13/h1-6,15H,7-8H2. The maximum atomic E-state index is 12.7. The van der Waals surface area contributed by atoms with E-state index in [4.69, 9.17) is 4.42 Å². The zero-order valence-corrected chi connectivity index (χ0v) is 8.61. The molecule has 1 fully saturated rings. The van der Waals surface area contributed by atoms with E-state index in [-0.39, 0.29) is 5.82 Å². The second-order valence-corrected chi connectivity index (χ2v) is 4.20. The molecule has 1 aromatic carbocycles. The lowest BCUT2D eigenvalue weighted by Gasteiger charge is -2.02. The van der Waals surface area contributed by atoms with Gasteiger partial charge < -0.3 is 9.52 Å². The Hall–Kier alpha value is -1.61. The van der Waals surface area contributed by atoms with Crippen LogP contribution in [-0.4, -0.2) is 5.11 Å². The minimum absolute atomic E-state index is 0.267. The van der Waals surface area contributed by atoms with Gasteiger partial charge in [-0.15, -0.1) is 0 Å². The SMILES string of the molecule is OC1(c2ccc(-c3ccc(F)cc3)o2)CC1. The van der Waals surface area contributed by atoms with Gasteiger partial charge in [-0.25, -0.2) is 4.39 Å².